The van der Waals surface area contributed by atoms with Crippen LogP contribution in [-0.2, 0) is 27.5 Å². The van der Waals surface area contributed by atoms with Crippen LogP contribution in [0.1, 0.15) is 22.3 Å². The van der Waals surface area contributed by atoms with Gasteiger partial charge in [-0.15, -0.1) is 0 Å². The molecule has 0 heterocycles. The van der Waals surface area contributed by atoms with Crippen molar-refractivity contribution in [1.82, 2.24) is 9.73 Å². The molecule has 3 aromatic carbocycles. The van der Waals surface area contributed by atoms with Crippen LogP contribution < -0.4 is 5.43 Å². The lowest BCUT2D eigenvalue weighted by atomic mass is 10.1. The fourth-order valence-electron chi connectivity index (χ4n) is 3.16. The number of amides is 1. The van der Waals surface area contributed by atoms with Gasteiger partial charge in [0.1, 0.15) is 0 Å². The molecular weight excluding hydrogens is 538 g/mol. The van der Waals surface area contributed by atoms with Crippen LogP contribution in [0, 0.1) is 6.92 Å². The van der Waals surface area contributed by atoms with E-state index in [-0.39, 0.29) is 22.0 Å². The largest absolute Gasteiger partial charge is 0.417 e. The number of rotatable bonds is 8. The van der Waals surface area contributed by atoms with E-state index in [1.807, 2.05) is 0 Å². The van der Waals surface area contributed by atoms with Crippen LogP contribution in [0.4, 0.5) is 13.2 Å². The normalized spacial score (nSPS) is 12.3. The molecule has 0 aromatic heterocycles. The van der Waals surface area contributed by atoms with Gasteiger partial charge in [-0.25, -0.2) is 13.8 Å². The second kappa shape index (κ2) is 11.4. The summed E-state index contributed by atoms with van der Waals surface area (Å²) in [6, 6.07) is 15.2. The molecule has 0 bridgehead atoms. The molecule has 0 spiro atoms. The smallest absolute Gasteiger partial charge is 0.272 e. The standard InChI is InChI=1S/C24H20Cl2F3N3O3S/c1-16-6-10-20(11-7-16)36(34,35)32(14-18-8-9-19(25)12-22(18)26)15-23(33)31-30-13-17-4-2-3-5-21(17)24(27,28)29/h2-13H,14-15H2,1H3,(H,31,33)/b30-13-. The number of carbonyl (C=O) groups excluding carboxylic acids is 1. The Morgan fingerprint density at radius 1 is 1.06 bits per heavy atom. The highest BCUT2D eigenvalue weighted by atomic mass is 35.5. The third-order valence-corrected chi connectivity index (χ3v) is 7.39. The molecule has 0 aliphatic heterocycles. The number of carbonyl (C=O) groups is 1. The van der Waals surface area contributed by atoms with Crippen molar-refractivity contribution in [2.24, 2.45) is 5.10 Å². The first kappa shape index (κ1) is 27.7. The van der Waals surface area contributed by atoms with Crippen LogP contribution in [-0.4, -0.2) is 31.4 Å². The molecule has 3 rings (SSSR count). The van der Waals surface area contributed by atoms with Gasteiger partial charge < -0.3 is 0 Å². The molecule has 190 valence electrons. The number of alkyl halides is 3. The number of hydrogen-bond donors (Lipinski definition) is 1. The molecule has 0 unspecified atom stereocenters. The molecule has 0 radical (unpaired) electrons. The summed E-state index contributed by atoms with van der Waals surface area (Å²) in [4.78, 5) is 12.5. The Kier molecular flexibility index (Phi) is 8.78. The van der Waals surface area contributed by atoms with Gasteiger partial charge in [0.25, 0.3) is 5.91 Å². The molecule has 0 atom stereocenters. The third-order valence-electron chi connectivity index (χ3n) is 5.00. The average Bonchev–Trinajstić information content (AvgIpc) is 2.80. The maximum absolute atomic E-state index is 13.3. The second-order valence-electron chi connectivity index (χ2n) is 7.70. The van der Waals surface area contributed by atoms with Gasteiger partial charge >= 0.3 is 6.18 Å². The third kappa shape index (κ3) is 7.07. The first-order chi connectivity index (χ1) is 16.9. The predicted molar refractivity (Wildman–Crippen MR) is 132 cm³/mol. The fraction of sp³-hybridized carbons (Fsp3) is 0.167. The van der Waals surface area contributed by atoms with E-state index in [4.69, 9.17) is 23.2 Å². The number of sulfonamides is 1. The van der Waals surface area contributed by atoms with Gasteiger partial charge in [0.15, 0.2) is 0 Å². The molecule has 36 heavy (non-hydrogen) atoms. The van der Waals surface area contributed by atoms with Crippen LogP contribution in [0.2, 0.25) is 10.0 Å². The fourth-order valence-corrected chi connectivity index (χ4v) is 5.00. The maximum atomic E-state index is 13.3. The monoisotopic (exact) mass is 557 g/mol. The van der Waals surface area contributed by atoms with Crippen molar-refractivity contribution < 1.29 is 26.4 Å². The molecule has 6 nitrogen and oxygen atoms in total. The number of hydrazone groups is 1. The summed E-state index contributed by atoms with van der Waals surface area (Å²) in [6.45, 7) is 0.859. The van der Waals surface area contributed by atoms with Gasteiger partial charge in [-0.05, 0) is 42.8 Å². The Morgan fingerprint density at radius 3 is 2.36 bits per heavy atom. The quantitative estimate of drug-likeness (QED) is 0.286. The summed E-state index contributed by atoms with van der Waals surface area (Å²) in [7, 11) is -4.16. The van der Waals surface area contributed by atoms with Crippen molar-refractivity contribution in [2.45, 2.75) is 24.5 Å². The van der Waals surface area contributed by atoms with E-state index in [0.29, 0.717) is 10.6 Å². The van der Waals surface area contributed by atoms with Gasteiger partial charge in [0.2, 0.25) is 10.0 Å². The minimum atomic E-state index is -4.61. The molecule has 1 amide bonds. The highest BCUT2D eigenvalue weighted by Gasteiger charge is 2.32. The lowest BCUT2D eigenvalue weighted by Gasteiger charge is -2.22. The number of halogens is 5. The molecular formula is C24H20Cl2F3N3O3S. The lowest BCUT2D eigenvalue weighted by Crippen LogP contribution is -2.39. The van der Waals surface area contributed by atoms with E-state index >= 15 is 0 Å². The van der Waals surface area contributed by atoms with Crippen molar-refractivity contribution in [2.75, 3.05) is 6.54 Å². The van der Waals surface area contributed by atoms with Crippen molar-refractivity contribution in [3.05, 3.63) is 99.0 Å². The van der Waals surface area contributed by atoms with Gasteiger partial charge in [0, 0.05) is 22.2 Å². The number of aryl methyl sites for hydroxylation is 1. The summed E-state index contributed by atoms with van der Waals surface area (Å²) in [6.07, 6.45) is -3.76. The second-order valence-corrected chi connectivity index (χ2v) is 10.5. The van der Waals surface area contributed by atoms with E-state index in [1.54, 1.807) is 19.1 Å². The van der Waals surface area contributed by atoms with Crippen LogP contribution in [0.5, 0.6) is 0 Å². The van der Waals surface area contributed by atoms with Crippen molar-refractivity contribution in [1.29, 1.82) is 0 Å². The summed E-state index contributed by atoms with van der Waals surface area (Å²) >= 11 is 12.1. The predicted octanol–water partition coefficient (Wildman–Crippen LogP) is 5.66. The zero-order valence-corrected chi connectivity index (χ0v) is 21.1. The number of nitrogens with zero attached hydrogens (tertiary/aromatic N) is 2. The summed E-state index contributed by atoms with van der Waals surface area (Å²) in [5.41, 5.74) is 2.13. The first-order valence-electron chi connectivity index (χ1n) is 10.4. The Labute approximate surface area is 216 Å². The Hall–Kier alpha value is -2.92. The lowest BCUT2D eigenvalue weighted by molar-refractivity contribution is -0.137. The van der Waals surface area contributed by atoms with E-state index in [1.165, 1.54) is 48.5 Å². The first-order valence-corrected chi connectivity index (χ1v) is 12.6. The molecule has 0 aliphatic rings. The Morgan fingerprint density at radius 2 is 1.72 bits per heavy atom. The molecule has 0 fully saturated rings. The summed E-state index contributed by atoms with van der Waals surface area (Å²) < 4.78 is 67.0. The van der Waals surface area contributed by atoms with Gasteiger partial charge in [0.05, 0.1) is 23.2 Å². The topological polar surface area (TPSA) is 78.8 Å². The Balaban J connectivity index is 1.84. The maximum Gasteiger partial charge on any atom is 0.417 e. The molecule has 0 saturated carbocycles. The molecule has 0 aliphatic carbocycles. The average molecular weight is 558 g/mol. The van der Waals surface area contributed by atoms with E-state index < -0.39 is 34.2 Å². The summed E-state index contributed by atoms with van der Waals surface area (Å²) in [5.74, 6) is -0.864. The number of hydrogen-bond acceptors (Lipinski definition) is 4. The zero-order chi connectivity index (χ0) is 26.5. The minimum Gasteiger partial charge on any atom is -0.272 e. The van der Waals surface area contributed by atoms with Gasteiger partial charge in [-0.2, -0.15) is 22.6 Å². The van der Waals surface area contributed by atoms with Crippen molar-refractivity contribution >= 4 is 45.3 Å². The van der Waals surface area contributed by atoms with Gasteiger partial charge in [-0.1, -0.05) is 65.2 Å². The minimum absolute atomic E-state index is 0.0476. The van der Waals surface area contributed by atoms with Crippen LogP contribution in [0.15, 0.2) is 76.7 Å². The molecule has 3 aromatic rings. The zero-order valence-electron chi connectivity index (χ0n) is 18.8. The molecule has 0 saturated heterocycles. The van der Waals surface area contributed by atoms with Crippen LogP contribution in [0.25, 0.3) is 0 Å². The Bertz CT molecular complexity index is 1380. The molecule has 12 heteroatoms. The highest BCUT2D eigenvalue weighted by molar-refractivity contribution is 7.89. The number of nitrogens with one attached hydrogen (secondary N) is 1. The van der Waals surface area contributed by atoms with Crippen molar-refractivity contribution in [3.8, 4) is 0 Å². The SMILES string of the molecule is Cc1ccc(S(=O)(=O)N(CC(=O)N/N=C\c2ccccc2C(F)(F)F)Cc2ccc(Cl)cc2Cl)cc1. The van der Waals surface area contributed by atoms with E-state index in [0.717, 1.165) is 22.1 Å². The van der Waals surface area contributed by atoms with Crippen LogP contribution >= 0.6 is 23.2 Å². The summed E-state index contributed by atoms with van der Waals surface area (Å²) in [5, 5.41) is 4.13. The van der Waals surface area contributed by atoms with Crippen LogP contribution in [0.3, 0.4) is 0 Å². The van der Waals surface area contributed by atoms with E-state index in [9.17, 15) is 26.4 Å². The number of benzene rings is 3. The molecule has 1 N–H and O–H groups in total. The highest BCUT2D eigenvalue weighted by Crippen LogP contribution is 2.31. The van der Waals surface area contributed by atoms with Crippen molar-refractivity contribution in [3.63, 3.8) is 0 Å². The van der Waals surface area contributed by atoms with E-state index in [2.05, 4.69) is 10.5 Å². The van der Waals surface area contributed by atoms with Gasteiger partial charge in [-0.3, -0.25) is 4.79 Å².